The Hall–Kier alpha value is -1.27. The number of nitrogens with one attached hydrogen (secondary N) is 2. The third-order valence-corrected chi connectivity index (χ3v) is 4.49. The summed E-state index contributed by atoms with van der Waals surface area (Å²) in [5.41, 5.74) is -0.516. The number of carbonyl (C=O) groups is 2. The molecule has 0 heterocycles. The van der Waals surface area contributed by atoms with Gasteiger partial charge in [0.2, 0.25) is 11.8 Å². The minimum Gasteiger partial charge on any atom is -0.355 e. The maximum atomic E-state index is 12.5. The second-order valence-electron chi connectivity index (χ2n) is 6.83. The molecule has 0 aromatic carbocycles. The minimum absolute atomic E-state index is 0. The molecule has 11 heteroatoms. The molecule has 2 N–H and O–H groups in total. The van der Waals surface area contributed by atoms with Crippen molar-refractivity contribution < 1.29 is 22.8 Å². The van der Waals surface area contributed by atoms with Crippen LogP contribution in [0.5, 0.6) is 0 Å². The Bertz CT molecular complexity index is 535. The zero-order valence-corrected chi connectivity index (χ0v) is 18.5. The number of guanidine groups is 1. The third kappa shape index (κ3) is 8.09. The predicted molar refractivity (Wildman–Crippen MR) is 108 cm³/mol. The van der Waals surface area contributed by atoms with Crippen molar-refractivity contribution in [3.8, 4) is 0 Å². The van der Waals surface area contributed by atoms with Crippen LogP contribution in [0.3, 0.4) is 0 Å². The standard InChI is InChI=1S/C16H28F3N5O2.HI/c1-20-14(21-9-12(25)24(4)11-16(17,18)19)22-10-15(7-5-6-8-15)13(26)23(2)3;/h5-11H2,1-4H3,(H2,20,21,22);1H. The van der Waals surface area contributed by atoms with Crippen LogP contribution in [0.4, 0.5) is 13.2 Å². The Morgan fingerprint density at radius 1 is 1.11 bits per heavy atom. The summed E-state index contributed by atoms with van der Waals surface area (Å²) in [6.07, 6.45) is -0.976. The first-order valence-corrected chi connectivity index (χ1v) is 8.48. The average molecular weight is 507 g/mol. The molecule has 7 nitrogen and oxygen atoms in total. The van der Waals surface area contributed by atoms with Gasteiger partial charge >= 0.3 is 6.18 Å². The third-order valence-electron chi connectivity index (χ3n) is 4.49. The van der Waals surface area contributed by atoms with Crippen LogP contribution in [0.2, 0.25) is 0 Å². The van der Waals surface area contributed by atoms with Crippen molar-refractivity contribution in [2.45, 2.75) is 31.9 Å². The minimum atomic E-state index is -4.44. The van der Waals surface area contributed by atoms with Gasteiger partial charge in [0.25, 0.3) is 0 Å². The Balaban J connectivity index is 0.00000676. The molecule has 1 saturated carbocycles. The molecule has 0 unspecified atom stereocenters. The van der Waals surface area contributed by atoms with Gasteiger partial charge in [-0.3, -0.25) is 14.6 Å². The molecule has 2 amide bonds. The van der Waals surface area contributed by atoms with Gasteiger partial charge in [0.15, 0.2) is 5.96 Å². The predicted octanol–water partition coefficient (Wildman–Crippen LogP) is 1.44. The van der Waals surface area contributed by atoms with Crippen LogP contribution in [0, 0.1) is 5.41 Å². The van der Waals surface area contributed by atoms with Crippen molar-refractivity contribution >= 4 is 41.8 Å². The largest absolute Gasteiger partial charge is 0.406 e. The number of likely N-dealkylation sites (N-methyl/N-ethyl adjacent to an activating group) is 1. The lowest BCUT2D eigenvalue weighted by Crippen LogP contribution is -2.50. The number of hydrogen-bond acceptors (Lipinski definition) is 3. The maximum absolute atomic E-state index is 12.5. The van der Waals surface area contributed by atoms with Crippen LogP contribution in [-0.2, 0) is 9.59 Å². The lowest BCUT2D eigenvalue weighted by Gasteiger charge is -2.31. The molecule has 0 aromatic heterocycles. The van der Waals surface area contributed by atoms with E-state index in [2.05, 4.69) is 15.6 Å². The smallest absolute Gasteiger partial charge is 0.355 e. The van der Waals surface area contributed by atoms with Gasteiger partial charge in [0, 0.05) is 34.7 Å². The SMILES string of the molecule is CN=C(NCC(=O)N(C)CC(F)(F)F)NCC1(C(=O)N(C)C)CCCC1.I. The summed E-state index contributed by atoms with van der Waals surface area (Å²) in [4.78, 5) is 30.4. The Morgan fingerprint density at radius 2 is 1.67 bits per heavy atom. The summed E-state index contributed by atoms with van der Waals surface area (Å²) < 4.78 is 37.0. The van der Waals surface area contributed by atoms with Crippen LogP contribution >= 0.6 is 24.0 Å². The molecule has 0 aromatic rings. The zero-order valence-electron chi connectivity index (χ0n) is 16.2. The Morgan fingerprint density at radius 3 is 2.11 bits per heavy atom. The molecular weight excluding hydrogens is 478 g/mol. The highest BCUT2D eigenvalue weighted by atomic mass is 127. The van der Waals surface area contributed by atoms with E-state index in [4.69, 9.17) is 0 Å². The number of aliphatic imine (C=N–C) groups is 1. The normalized spacial score (nSPS) is 16.3. The van der Waals surface area contributed by atoms with E-state index in [0.29, 0.717) is 11.4 Å². The summed E-state index contributed by atoms with van der Waals surface area (Å²) >= 11 is 0. The van der Waals surface area contributed by atoms with Crippen molar-refractivity contribution in [2.75, 3.05) is 47.8 Å². The molecule has 0 saturated heterocycles. The van der Waals surface area contributed by atoms with Crippen molar-refractivity contribution in [1.29, 1.82) is 0 Å². The lowest BCUT2D eigenvalue weighted by atomic mass is 9.84. The second kappa shape index (κ2) is 10.9. The molecule has 1 fully saturated rings. The molecule has 1 aliphatic rings. The highest BCUT2D eigenvalue weighted by molar-refractivity contribution is 14.0. The van der Waals surface area contributed by atoms with Crippen molar-refractivity contribution in [3.05, 3.63) is 0 Å². The summed E-state index contributed by atoms with van der Waals surface area (Å²) in [5.74, 6) is -0.388. The van der Waals surface area contributed by atoms with Crippen molar-refractivity contribution in [1.82, 2.24) is 20.4 Å². The Labute approximate surface area is 175 Å². The highest BCUT2D eigenvalue weighted by Crippen LogP contribution is 2.38. The fourth-order valence-electron chi connectivity index (χ4n) is 3.12. The maximum Gasteiger partial charge on any atom is 0.406 e. The van der Waals surface area contributed by atoms with E-state index in [1.165, 1.54) is 7.05 Å². The number of rotatable bonds is 6. The van der Waals surface area contributed by atoms with E-state index in [1.54, 1.807) is 19.0 Å². The topological polar surface area (TPSA) is 77.0 Å². The molecule has 1 rings (SSSR count). The fourth-order valence-corrected chi connectivity index (χ4v) is 3.12. The van der Waals surface area contributed by atoms with Crippen LogP contribution in [0.25, 0.3) is 0 Å². The number of carbonyl (C=O) groups excluding carboxylic acids is 2. The first-order valence-electron chi connectivity index (χ1n) is 8.48. The number of nitrogens with zero attached hydrogens (tertiary/aromatic N) is 3. The summed E-state index contributed by atoms with van der Waals surface area (Å²) in [7, 11) is 6.01. The molecule has 0 radical (unpaired) electrons. The quantitative estimate of drug-likeness (QED) is 0.324. The zero-order chi connectivity index (χ0) is 20.0. The van der Waals surface area contributed by atoms with Gasteiger partial charge in [0.05, 0.1) is 12.0 Å². The molecule has 27 heavy (non-hydrogen) atoms. The Kier molecular flexibility index (Phi) is 10.4. The van der Waals surface area contributed by atoms with Crippen LogP contribution in [0.15, 0.2) is 4.99 Å². The van der Waals surface area contributed by atoms with Gasteiger partial charge in [-0.2, -0.15) is 13.2 Å². The first kappa shape index (κ1) is 25.7. The van der Waals surface area contributed by atoms with Gasteiger partial charge in [-0.15, -0.1) is 24.0 Å². The molecule has 0 aliphatic heterocycles. The summed E-state index contributed by atoms with van der Waals surface area (Å²) in [6.45, 7) is -1.27. The molecule has 0 atom stereocenters. The van der Waals surface area contributed by atoms with Crippen LogP contribution in [0.1, 0.15) is 25.7 Å². The van der Waals surface area contributed by atoms with E-state index in [0.717, 1.165) is 32.7 Å². The molecule has 158 valence electrons. The van der Waals surface area contributed by atoms with Gasteiger partial charge in [-0.1, -0.05) is 12.8 Å². The number of alkyl halides is 3. The lowest BCUT2D eigenvalue weighted by molar-refractivity contribution is -0.157. The van der Waals surface area contributed by atoms with E-state index >= 15 is 0 Å². The number of halogens is 4. The van der Waals surface area contributed by atoms with Crippen molar-refractivity contribution in [3.63, 3.8) is 0 Å². The molecule has 0 spiro atoms. The first-order chi connectivity index (χ1) is 12.0. The summed E-state index contributed by atoms with van der Waals surface area (Å²) in [6, 6.07) is 0. The van der Waals surface area contributed by atoms with E-state index in [-0.39, 0.29) is 42.4 Å². The summed E-state index contributed by atoms with van der Waals surface area (Å²) in [5, 5.41) is 5.73. The van der Waals surface area contributed by atoms with E-state index < -0.39 is 24.0 Å². The number of hydrogen-bond donors (Lipinski definition) is 2. The number of amides is 2. The molecule has 0 bridgehead atoms. The molecule has 1 aliphatic carbocycles. The monoisotopic (exact) mass is 507 g/mol. The van der Waals surface area contributed by atoms with Gasteiger partial charge in [0.1, 0.15) is 6.54 Å². The van der Waals surface area contributed by atoms with Gasteiger partial charge in [-0.25, -0.2) is 0 Å². The molecular formula is C16H29F3IN5O2. The van der Waals surface area contributed by atoms with Crippen LogP contribution < -0.4 is 10.6 Å². The van der Waals surface area contributed by atoms with Gasteiger partial charge < -0.3 is 20.4 Å². The van der Waals surface area contributed by atoms with E-state index in [1.807, 2.05) is 0 Å². The van der Waals surface area contributed by atoms with E-state index in [9.17, 15) is 22.8 Å². The average Bonchev–Trinajstić information content (AvgIpc) is 3.02. The van der Waals surface area contributed by atoms with Crippen molar-refractivity contribution in [2.24, 2.45) is 10.4 Å². The second-order valence-corrected chi connectivity index (χ2v) is 6.83. The highest BCUT2D eigenvalue weighted by Gasteiger charge is 2.42. The van der Waals surface area contributed by atoms with Crippen LogP contribution in [-0.4, -0.2) is 81.6 Å². The van der Waals surface area contributed by atoms with Gasteiger partial charge in [-0.05, 0) is 12.8 Å². The fraction of sp³-hybridized carbons (Fsp3) is 0.812.